The van der Waals surface area contributed by atoms with Crippen LogP contribution in [0.1, 0.15) is 16.7 Å². The van der Waals surface area contributed by atoms with Crippen molar-refractivity contribution in [2.24, 2.45) is 0 Å². The fraction of sp³-hybridized carbons (Fsp3) is 0.238. The van der Waals surface area contributed by atoms with Gasteiger partial charge in [0, 0.05) is 30.7 Å². The van der Waals surface area contributed by atoms with Gasteiger partial charge in [0.1, 0.15) is 0 Å². The Labute approximate surface area is 208 Å². The number of hydrogen-bond donors (Lipinski definition) is 1. The molecule has 0 aliphatic carbocycles. The Morgan fingerprint density at radius 1 is 0.806 bits per heavy atom. The molecule has 0 unspecified atom stereocenters. The van der Waals surface area contributed by atoms with Crippen molar-refractivity contribution >= 4 is 20.9 Å². The molecule has 0 aromatic heterocycles. The van der Waals surface area contributed by atoms with Crippen LogP contribution >= 0.6 is 0 Å². The van der Waals surface area contributed by atoms with Crippen LogP contribution in [0.4, 0.5) is 39.5 Å². The first-order chi connectivity index (χ1) is 16.3. The molecule has 3 aromatic carbocycles. The fourth-order valence-electron chi connectivity index (χ4n) is 2.85. The molecule has 0 spiro atoms. The van der Waals surface area contributed by atoms with Gasteiger partial charge in [0.2, 0.25) is 0 Å². The van der Waals surface area contributed by atoms with Gasteiger partial charge >= 0.3 is 39.1 Å². The van der Waals surface area contributed by atoms with Crippen molar-refractivity contribution in [3.05, 3.63) is 78.4 Å². The predicted octanol–water partition coefficient (Wildman–Crippen LogP) is 2.59. The second-order valence-corrected chi connectivity index (χ2v) is 11.3. The van der Waals surface area contributed by atoms with Gasteiger partial charge in [0.05, 0.1) is 11.1 Å². The molecular weight excluding hydrogens is 646 g/mol. The molecule has 15 heteroatoms. The summed E-state index contributed by atoms with van der Waals surface area (Å²) in [6.07, 6.45) is -9.45. The molecular formula is C21H14F9IO4S. The summed E-state index contributed by atoms with van der Waals surface area (Å²) >= 11 is -1.32. The Morgan fingerprint density at radius 2 is 1.31 bits per heavy atom. The molecule has 0 radical (unpaired) electrons. The predicted molar refractivity (Wildman–Crippen MR) is 104 cm³/mol. The summed E-state index contributed by atoms with van der Waals surface area (Å²) in [5.41, 5.74) is -7.49. The molecule has 0 saturated heterocycles. The highest BCUT2D eigenvalue weighted by Gasteiger charge is 2.39. The molecule has 3 rings (SSSR count). The number of fused-ring (bicyclic) bond motifs is 1. The molecule has 1 N–H and O–H groups in total. The van der Waals surface area contributed by atoms with E-state index in [1.54, 1.807) is 18.2 Å². The summed E-state index contributed by atoms with van der Waals surface area (Å²) in [6.45, 7) is -0.166. The topological polar surface area (TPSA) is 77.4 Å². The van der Waals surface area contributed by atoms with E-state index in [2.05, 4.69) is 0 Å². The smallest absolute Gasteiger partial charge is 0.485 e. The van der Waals surface area contributed by atoms with Gasteiger partial charge in [0.25, 0.3) is 0 Å². The van der Waals surface area contributed by atoms with E-state index in [0.717, 1.165) is 28.5 Å². The number of alkyl halides is 9. The van der Waals surface area contributed by atoms with Gasteiger partial charge in [0.15, 0.2) is 17.3 Å². The lowest BCUT2D eigenvalue weighted by Crippen LogP contribution is -3.61. The van der Waals surface area contributed by atoms with E-state index in [9.17, 15) is 44.6 Å². The molecule has 0 heterocycles. The van der Waals surface area contributed by atoms with Crippen LogP contribution in [0.5, 0.6) is 0 Å². The third-order valence-corrected chi connectivity index (χ3v) is 7.80. The second kappa shape index (κ2) is 11.1. The standard InChI is InChI=1S/C20H14F6IO.CHF3O3S/c21-19(22,23)13-9-14(20(24,25)26)11-15(10-13)27-18-6-5-12-3-1-2-4-16(12)17(18)7-8-28;2-1(3,4)8(5,6)7/h1-6,9-11,28H,7-8H2;(H,5,6,7)/q+1;/p-1. The molecule has 0 bridgehead atoms. The average molecular weight is 660 g/mol. The van der Waals surface area contributed by atoms with E-state index < -0.39 is 60.3 Å². The maximum atomic E-state index is 13.1. The first-order valence-electron chi connectivity index (χ1n) is 9.42. The molecule has 4 nitrogen and oxygen atoms in total. The summed E-state index contributed by atoms with van der Waals surface area (Å²) < 4.78 is 138. The summed E-state index contributed by atoms with van der Waals surface area (Å²) in [4.78, 5) is 0. The van der Waals surface area contributed by atoms with Gasteiger partial charge in [-0.05, 0) is 29.0 Å². The third kappa shape index (κ3) is 7.94. The van der Waals surface area contributed by atoms with Crippen molar-refractivity contribution in [3.63, 3.8) is 0 Å². The Balaban J connectivity index is 0.000000493. The van der Waals surface area contributed by atoms with Crippen molar-refractivity contribution in [1.82, 2.24) is 0 Å². The second-order valence-electron chi connectivity index (χ2n) is 6.94. The lowest BCUT2D eigenvalue weighted by molar-refractivity contribution is -0.598. The molecule has 3 aromatic rings. The minimum atomic E-state index is -6.09. The lowest BCUT2D eigenvalue weighted by atomic mass is 10.0. The van der Waals surface area contributed by atoms with E-state index in [1.807, 2.05) is 18.2 Å². The quantitative estimate of drug-likeness (QED) is 0.202. The Bertz CT molecular complexity index is 1290. The molecule has 198 valence electrons. The number of benzene rings is 3. The van der Waals surface area contributed by atoms with E-state index >= 15 is 0 Å². The van der Waals surface area contributed by atoms with Gasteiger partial charge in [-0.1, -0.05) is 24.3 Å². The maximum absolute atomic E-state index is 13.1. The molecule has 36 heavy (non-hydrogen) atoms. The van der Waals surface area contributed by atoms with Gasteiger partial charge in [-0.25, -0.2) is 8.42 Å². The lowest BCUT2D eigenvalue weighted by Gasteiger charge is -2.11. The first-order valence-corrected chi connectivity index (χ1v) is 13.0. The van der Waals surface area contributed by atoms with Crippen LogP contribution in [-0.2, 0) is 28.9 Å². The zero-order chi connectivity index (χ0) is 27.5. The van der Waals surface area contributed by atoms with Crippen LogP contribution in [0.15, 0.2) is 54.6 Å². The van der Waals surface area contributed by atoms with Crippen LogP contribution in [0.2, 0.25) is 0 Å². The minimum absolute atomic E-state index is 0.0235. The van der Waals surface area contributed by atoms with Gasteiger partial charge in [-0.3, -0.25) is 0 Å². The fourth-order valence-corrected chi connectivity index (χ4v) is 5.75. The van der Waals surface area contributed by atoms with Gasteiger partial charge < -0.3 is 9.66 Å². The third-order valence-electron chi connectivity index (χ3n) is 4.39. The number of aliphatic hydroxyl groups is 1. The molecule has 0 aliphatic heterocycles. The SMILES string of the molecule is O=S(=O)([O-])C(F)(F)F.OCCc1c([I+]c2cc(C(F)(F)F)cc(C(F)(F)F)c2)ccc2ccccc12. The number of hydrogen-bond acceptors (Lipinski definition) is 4. The van der Waals surface area contributed by atoms with Crippen molar-refractivity contribution in [3.8, 4) is 0 Å². The Morgan fingerprint density at radius 3 is 1.75 bits per heavy atom. The molecule has 0 fully saturated rings. The van der Waals surface area contributed by atoms with E-state index in [-0.39, 0.29) is 22.7 Å². The summed E-state index contributed by atoms with van der Waals surface area (Å²) in [6, 6.07) is 12.6. The van der Waals surface area contributed by atoms with Crippen molar-refractivity contribution < 1.29 is 78.8 Å². The molecule has 0 aliphatic rings. The largest absolute Gasteiger partial charge is 0.741 e. The number of rotatable bonds is 4. The zero-order valence-electron chi connectivity index (χ0n) is 17.5. The average Bonchev–Trinajstić information content (AvgIpc) is 2.73. The van der Waals surface area contributed by atoms with Crippen LogP contribution in [0, 0.1) is 7.14 Å². The van der Waals surface area contributed by atoms with Crippen LogP contribution in [0.3, 0.4) is 0 Å². The number of halogens is 10. The summed E-state index contributed by atoms with van der Waals surface area (Å²) in [5.74, 6) is 0. The van der Waals surface area contributed by atoms with Gasteiger partial charge in [-0.2, -0.15) is 39.5 Å². The highest BCUT2D eigenvalue weighted by molar-refractivity contribution is 7.86. The zero-order valence-corrected chi connectivity index (χ0v) is 20.4. The van der Waals surface area contributed by atoms with Crippen molar-refractivity contribution in [1.29, 1.82) is 0 Å². The Kier molecular flexibility index (Phi) is 9.29. The van der Waals surface area contributed by atoms with Crippen molar-refractivity contribution in [2.45, 2.75) is 24.3 Å². The minimum Gasteiger partial charge on any atom is -0.741 e. The molecule has 0 atom stereocenters. The van der Waals surface area contributed by atoms with Crippen LogP contribution < -0.4 is 21.2 Å². The van der Waals surface area contributed by atoms with Crippen LogP contribution in [0.25, 0.3) is 10.8 Å². The first kappa shape index (κ1) is 30.1. The monoisotopic (exact) mass is 660 g/mol. The van der Waals surface area contributed by atoms with Gasteiger partial charge in [-0.15, -0.1) is 0 Å². The van der Waals surface area contributed by atoms with E-state index in [4.69, 9.17) is 13.0 Å². The molecule has 0 saturated carbocycles. The molecule has 0 amide bonds. The highest BCUT2D eigenvalue weighted by Crippen LogP contribution is 2.35. The normalized spacial score (nSPS) is 12.9. The summed E-state index contributed by atoms with van der Waals surface area (Å²) in [7, 11) is -6.09. The van der Waals surface area contributed by atoms with Crippen LogP contribution in [-0.4, -0.2) is 30.2 Å². The van der Waals surface area contributed by atoms with E-state index in [1.165, 1.54) is 0 Å². The summed E-state index contributed by atoms with van der Waals surface area (Å²) in [5, 5.41) is 11.1. The highest BCUT2D eigenvalue weighted by atomic mass is 127. The maximum Gasteiger partial charge on any atom is 0.485 e. The Hall–Kier alpha value is -2.11. The van der Waals surface area contributed by atoms with E-state index in [0.29, 0.717) is 3.57 Å². The van der Waals surface area contributed by atoms with Crippen molar-refractivity contribution in [2.75, 3.05) is 6.61 Å². The number of aliphatic hydroxyl groups excluding tert-OH is 1.